The maximum absolute atomic E-state index is 13.8. The fourth-order valence-electron chi connectivity index (χ4n) is 2.95. The quantitative estimate of drug-likeness (QED) is 0.495. The van der Waals surface area contributed by atoms with Gasteiger partial charge in [0.1, 0.15) is 30.5 Å². The topological polar surface area (TPSA) is 65.0 Å². The van der Waals surface area contributed by atoms with Crippen LogP contribution < -0.4 is 9.47 Å². The first kappa shape index (κ1) is 21.3. The first-order valence-electron chi connectivity index (χ1n) is 9.52. The normalized spacial score (nSPS) is 11.7. The number of halogens is 1. The van der Waals surface area contributed by atoms with E-state index in [-0.39, 0.29) is 12.2 Å². The third-order valence-corrected chi connectivity index (χ3v) is 4.56. The van der Waals surface area contributed by atoms with Gasteiger partial charge in [-0.1, -0.05) is 42.5 Å². The van der Waals surface area contributed by atoms with Gasteiger partial charge in [-0.25, -0.2) is 9.18 Å². The first-order chi connectivity index (χ1) is 14.6. The molecule has 0 unspecified atom stereocenters. The van der Waals surface area contributed by atoms with Gasteiger partial charge in [0.25, 0.3) is 0 Å². The number of hydrogen-bond donors (Lipinski definition) is 1. The molecule has 0 saturated carbocycles. The van der Waals surface area contributed by atoms with E-state index in [0.29, 0.717) is 30.3 Å². The van der Waals surface area contributed by atoms with Crippen LogP contribution >= 0.6 is 0 Å². The van der Waals surface area contributed by atoms with Crippen molar-refractivity contribution in [3.05, 3.63) is 84.2 Å². The summed E-state index contributed by atoms with van der Waals surface area (Å²) in [5, 5.41) is 9.03. The zero-order chi connectivity index (χ0) is 21.3. The molecule has 0 heterocycles. The van der Waals surface area contributed by atoms with Crippen LogP contribution in [0.2, 0.25) is 0 Å². The largest absolute Gasteiger partial charge is 0.490 e. The summed E-state index contributed by atoms with van der Waals surface area (Å²) in [5.41, 5.74) is 2.19. The minimum absolute atomic E-state index is 0.258. The predicted molar refractivity (Wildman–Crippen MR) is 111 cm³/mol. The Labute approximate surface area is 174 Å². The van der Waals surface area contributed by atoms with Crippen LogP contribution in [0.1, 0.15) is 5.56 Å². The number of carbonyl (C=O) groups is 1. The molecule has 0 fully saturated rings. The van der Waals surface area contributed by atoms with Crippen molar-refractivity contribution in [3.63, 3.8) is 0 Å². The number of aliphatic carboxylic acids is 1. The molecule has 0 amide bonds. The van der Waals surface area contributed by atoms with Crippen LogP contribution in [-0.4, -0.2) is 37.5 Å². The number of hydrogen-bond acceptors (Lipinski definition) is 4. The average molecular weight is 410 g/mol. The van der Waals surface area contributed by atoms with Crippen molar-refractivity contribution < 1.29 is 28.5 Å². The molecule has 6 heteroatoms. The maximum atomic E-state index is 13.8. The molecule has 3 aromatic rings. The van der Waals surface area contributed by atoms with E-state index < -0.39 is 12.1 Å². The molecular weight excluding hydrogens is 387 g/mol. The Bertz CT molecular complexity index is 954. The Morgan fingerprint density at radius 1 is 0.900 bits per heavy atom. The van der Waals surface area contributed by atoms with Crippen molar-refractivity contribution in [1.29, 1.82) is 0 Å². The van der Waals surface area contributed by atoms with Gasteiger partial charge in [0, 0.05) is 19.1 Å². The van der Waals surface area contributed by atoms with Crippen LogP contribution in [-0.2, 0) is 16.0 Å². The molecule has 156 valence electrons. The highest BCUT2D eigenvalue weighted by atomic mass is 19.1. The third-order valence-electron chi connectivity index (χ3n) is 4.56. The van der Waals surface area contributed by atoms with Crippen LogP contribution in [0.15, 0.2) is 72.8 Å². The Morgan fingerprint density at radius 3 is 2.00 bits per heavy atom. The smallest absolute Gasteiger partial charge is 0.333 e. The molecule has 0 bridgehead atoms. The molecule has 0 radical (unpaired) electrons. The maximum Gasteiger partial charge on any atom is 0.333 e. The molecule has 5 nitrogen and oxygen atoms in total. The van der Waals surface area contributed by atoms with E-state index >= 15 is 0 Å². The molecule has 1 N–H and O–H groups in total. The Morgan fingerprint density at radius 2 is 1.47 bits per heavy atom. The summed E-state index contributed by atoms with van der Waals surface area (Å²) in [5.74, 6) is 0.0954. The summed E-state index contributed by atoms with van der Waals surface area (Å²) in [6.07, 6.45) is -0.576. The number of carboxylic acids is 1. The SMILES string of the molecule is CO[C@@H](Cc1ccc(OCCOc2ccc(-c3ccccc3F)cc2)cc1)C(=O)O. The first-order valence-corrected chi connectivity index (χ1v) is 9.52. The lowest BCUT2D eigenvalue weighted by atomic mass is 10.1. The van der Waals surface area contributed by atoms with Crippen LogP contribution in [0.4, 0.5) is 4.39 Å². The number of ether oxygens (including phenoxy) is 3. The summed E-state index contributed by atoms with van der Waals surface area (Å²) >= 11 is 0. The number of methoxy groups -OCH3 is 1. The fraction of sp³-hybridized carbons (Fsp3) is 0.208. The van der Waals surface area contributed by atoms with Gasteiger partial charge < -0.3 is 19.3 Å². The molecule has 3 aromatic carbocycles. The Hall–Kier alpha value is -3.38. The molecule has 0 aliphatic rings. The lowest BCUT2D eigenvalue weighted by molar-refractivity contribution is -0.148. The molecule has 0 aliphatic carbocycles. The molecule has 0 aliphatic heterocycles. The molecule has 0 saturated heterocycles. The molecular formula is C24H23FO5. The van der Waals surface area contributed by atoms with Gasteiger partial charge >= 0.3 is 5.97 Å². The third kappa shape index (κ3) is 5.81. The second kappa shape index (κ2) is 10.4. The molecule has 3 rings (SSSR count). The predicted octanol–water partition coefficient (Wildman–Crippen LogP) is 4.59. The standard InChI is InChI=1S/C24H23FO5/c1-28-23(24(26)27)16-17-6-10-19(11-7-17)29-14-15-30-20-12-8-18(9-13-20)21-4-2-3-5-22(21)25/h2-13,23H,14-16H2,1H3,(H,26,27)/t23-/m0/s1. The van der Waals surface area contributed by atoms with Gasteiger partial charge in [-0.3, -0.25) is 0 Å². The van der Waals surface area contributed by atoms with Crippen molar-refractivity contribution in [2.24, 2.45) is 0 Å². The molecule has 1 atom stereocenters. The van der Waals surface area contributed by atoms with E-state index in [1.165, 1.54) is 13.2 Å². The van der Waals surface area contributed by atoms with Crippen LogP contribution in [0.5, 0.6) is 11.5 Å². The van der Waals surface area contributed by atoms with E-state index in [4.69, 9.17) is 19.3 Å². The van der Waals surface area contributed by atoms with Crippen molar-refractivity contribution in [2.75, 3.05) is 20.3 Å². The second-order valence-corrected chi connectivity index (χ2v) is 6.61. The number of rotatable bonds is 10. The second-order valence-electron chi connectivity index (χ2n) is 6.61. The minimum Gasteiger partial charge on any atom is -0.490 e. The summed E-state index contributed by atoms with van der Waals surface area (Å²) in [7, 11) is 1.38. The highest BCUT2D eigenvalue weighted by Crippen LogP contribution is 2.24. The van der Waals surface area contributed by atoms with E-state index in [9.17, 15) is 9.18 Å². The van der Waals surface area contributed by atoms with Crippen molar-refractivity contribution in [2.45, 2.75) is 12.5 Å². The highest BCUT2D eigenvalue weighted by Gasteiger charge is 2.16. The van der Waals surface area contributed by atoms with Gasteiger partial charge in [0.05, 0.1) is 0 Å². The zero-order valence-electron chi connectivity index (χ0n) is 16.6. The summed E-state index contributed by atoms with van der Waals surface area (Å²) < 4.78 is 30.1. The summed E-state index contributed by atoms with van der Waals surface area (Å²) in [4.78, 5) is 11.0. The summed E-state index contributed by atoms with van der Waals surface area (Å²) in [6, 6.07) is 21.1. The van der Waals surface area contributed by atoms with Crippen LogP contribution in [0, 0.1) is 5.82 Å². The highest BCUT2D eigenvalue weighted by molar-refractivity contribution is 5.72. The van der Waals surface area contributed by atoms with E-state index in [2.05, 4.69) is 0 Å². The van der Waals surface area contributed by atoms with E-state index in [0.717, 1.165) is 11.1 Å². The van der Waals surface area contributed by atoms with E-state index in [1.54, 1.807) is 42.5 Å². The molecule has 30 heavy (non-hydrogen) atoms. The van der Waals surface area contributed by atoms with Gasteiger partial charge in [0.15, 0.2) is 6.10 Å². The Balaban J connectivity index is 1.45. The average Bonchev–Trinajstić information content (AvgIpc) is 2.76. The van der Waals surface area contributed by atoms with Crippen LogP contribution in [0.25, 0.3) is 11.1 Å². The van der Waals surface area contributed by atoms with Crippen molar-refractivity contribution in [1.82, 2.24) is 0 Å². The van der Waals surface area contributed by atoms with Gasteiger partial charge in [0.2, 0.25) is 0 Å². The van der Waals surface area contributed by atoms with E-state index in [1.807, 2.05) is 24.3 Å². The number of benzene rings is 3. The van der Waals surface area contributed by atoms with Gasteiger partial charge in [-0.05, 0) is 41.5 Å². The van der Waals surface area contributed by atoms with Crippen LogP contribution in [0.3, 0.4) is 0 Å². The van der Waals surface area contributed by atoms with Crippen molar-refractivity contribution >= 4 is 5.97 Å². The zero-order valence-corrected chi connectivity index (χ0v) is 16.6. The minimum atomic E-state index is -0.989. The number of carboxylic acid groups (broad SMARTS) is 1. The van der Waals surface area contributed by atoms with Crippen molar-refractivity contribution in [3.8, 4) is 22.6 Å². The fourth-order valence-corrected chi connectivity index (χ4v) is 2.95. The van der Waals surface area contributed by atoms with Gasteiger partial charge in [-0.2, -0.15) is 0 Å². The Kier molecular flexibility index (Phi) is 7.40. The molecule has 0 spiro atoms. The summed E-state index contributed by atoms with van der Waals surface area (Å²) in [6.45, 7) is 0.704. The lowest BCUT2D eigenvalue weighted by Gasteiger charge is -2.12. The lowest BCUT2D eigenvalue weighted by Crippen LogP contribution is -2.24. The monoisotopic (exact) mass is 410 g/mol. The van der Waals surface area contributed by atoms with Gasteiger partial charge in [-0.15, -0.1) is 0 Å². The molecule has 0 aromatic heterocycles.